The molecule has 2 amide bonds. The molecule has 6 heteroatoms. The number of rotatable bonds is 4. The summed E-state index contributed by atoms with van der Waals surface area (Å²) in [6.07, 6.45) is 1.26. The number of para-hydroxylation sites is 1. The van der Waals surface area contributed by atoms with E-state index in [2.05, 4.69) is 0 Å². The lowest BCUT2D eigenvalue weighted by Gasteiger charge is -2.34. The third-order valence-electron chi connectivity index (χ3n) is 3.59. The molecule has 0 atom stereocenters. The van der Waals surface area contributed by atoms with Crippen LogP contribution in [0.1, 0.15) is 12.8 Å². The van der Waals surface area contributed by atoms with Crippen LogP contribution in [0.5, 0.6) is 0 Å². The Bertz CT molecular complexity index is 484. The van der Waals surface area contributed by atoms with Gasteiger partial charge in [0.05, 0.1) is 6.10 Å². The molecule has 1 fully saturated rings. The number of carbonyl (C=O) groups excluding carboxylic acids is 1. The van der Waals surface area contributed by atoms with Crippen LogP contribution >= 0.6 is 0 Å². The summed E-state index contributed by atoms with van der Waals surface area (Å²) >= 11 is 0. The highest BCUT2D eigenvalue weighted by Gasteiger charge is 2.26. The van der Waals surface area contributed by atoms with Crippen molar-refractivity contribution in [3.8, 4) is 0 Å². The van der Waals surface area contributed by atoms with Crippen LogP contribution in [-0.2, 0) is 9.53 Å². The number of hydrogen-bond donors (Lipinski definition) is 1. The normalized spacial score (nSPS) is 15.8. The molecule has 1 aromatic rings. The molecule has 6 nitrogen and oxygen atoms in total. The molecular weight excluding hydrogens is 272 g/mol. The lowest BCUT2D eigenvalue weighted by molar-refractivity contribution is -0.145. The zero-order valence-electron chi connectivity index (χ0n) is 12.1. The van der Waals surface area contributed by atoms with Gasteiger partial charge in [0, 0.05) is 25.8 Å². The molecule has 0 unspecified atom stereocenters. The maximum atomic E-state index is 12.4. The summed E-state index contributed by atoms with van der Waals surface area (Å²) in [5.74, 6) is -0.961. The maximum Gasteiger partial charge on any atom is 0.329 e. The van der Waals surface area contributed by atoms with E-state index in [9.17, 15) is 9.59 Å². The molecule has 0 radical (unpaired) electrons. The molecule has 1 aliphatic heterocycles. The van der Waals surface area contributed by atoms with Gasteiger partial charge in [-0.2, -0.15) is 0 Å². The number of amides is 2. The molecule has 1 N–H and O–H groups in total. The molecule has 1 heterocycles. The molecule has 0 aliphatic carbocycles. The van der Waals surface area contributed by atoms with Crippen molar-refractivity contribution in [2.24, 2.45) is 0 Å². The van der Waals surface area contributed by atoms with E-state index < -0.39 is 5.97 Å². The molecule has 1 saturated heterocycles. The number of aliphatic carboxylic acids is 1. The van der Waals surface area contributed by atoms with Crippen LogP contribution in [0.3, 0.4) is 0 Å². The fourth-order valence-corrected chi connectivity index (χ4v) is 2.38. The van der Waals surface area contributed by atoms with Crippen molar-refractivity contribution < 1.29 is 19.4 Å². The summed E-state index contributed by atoms with van der Waals surface area (Å²) < 4.78 is 5.27. The Balaban J connectivity index is 1.84. The number of likely N-dealkylation sites (tertiary alicyclic amines) is 1. The van der Waals surface area contributed by atoms with Crippen LogP contribution in [0.2, 0.25) is 0 Å². The minimum atomic E-state index is -0.961. The van der Waals surface area contributed by atoms with E-state index in [0.717, 1.165) is 5.69 Å². The quantitative estimate of drug-likeness (QED) is 0.918. The second-order valence-electron chi connectivity index (χ2n) is 5.07. The van der Waals surface area contributed by atoms with Crippen LogP contribution in [0, 0.1) is 0 Å². The second-order valence-corrected chi connectivity index (χ2v) is 5.07. The van der Waals surface area contributed by atoms with Crippen LogP contribution in [-0.4, -0.2) is 54.9 Å². The first-order chi connectivity index (χ1) is 10.1. The van der Waals surface area contributed by atoms with E-state index in [-0.39, 0.29) is 18.7 Å². The number of piperidine rings is 1. The molecule has 0 bridgehead atoms. The van der Waals surface area contributed by atoms with Gasteiger partial charge in [-0.15, -0.1) is 0 Å². The smallest absolute Gasteiger partial charge is 0.329 e. The van der Waals surface area contributed by atoms with Gasteiger partial charge in [0.2, 0.25) is 0 Å². The molecule has 1 aliphatic rings. The average Bonchev–Trinajstić information content (AvgIpc) is 2.53. The van der Waals surface area contributed by atoms with E-state index in [1.807, 2.05) is 30.3 Å². The number of benzene rings is 1. The number of hydrogen-bond acceptors (Lipinski definition) is 3. The van der Waals surface area contributed by atoms with Crippen molar-refractivity contribution in [3.63, 3.8) is 0 Å². The number of carboxylic acids is 1. The van der Waals surface area contributed by atoms with Gasteiger partial charge in [-0.05, 0) is 25.0 Å². The van der Waals surface area contributed by atoms with Gasteiger partial charge in [-0.3, -0.25) is 4.90 Å². The molecule has 21 heavy (non-hydrogen) atoms. The highest BCUT2D eigenvalue weighted by atomic mass is 16.5. The highest BCUT2D eigenvalue weighted by Crippen LogP contribution is 2.18. The minimum Gasteiger partial charge on any atom is -0.480 e. The Morgan fingerprint density at radius 2 is 1.90 bits per heavy atom. The summed E-state index contributed by atoms with van der Waals surface area (Å²) in [6.45, 7) is 0.892. The average molecular weight is 292 g/mol. The van der Waals surface area contributed by atoms with Gasteiger partial charge in [-0.25, -0.2) is 9.59 Å². The third kappa shape index (κ3) is 4.19. The van der Waals surface area contributed by atoms with E-state index >= 15 is 0 Å². The van der Waals surface area contributed by atoms with Crippen LogP contribution in [0.4, 0.5) is 10.5 Å². The Hall–Kier alpha value is -2.08. The molecule has 0 saturated carbocycles. The van der Waals surface area contributed by atoms with Crippen LogP contribution < -0.4 is 4.90 Å². The van der Waals surface area contributed by atoms with E-state index in [1.165, 1.54) is 0 Å². The summed E-state index contributed by atoms with van der Waals surface area (Å²) in [7, 11) is 1.75. The van der Waals surface area contributed by atoms with E-state index in [0.29, 0.717) is 25.9 Å². The molecular formula is C15H20N2O4. The summed E-state index contributed by atoms with van der Waals surface area (Å²) in [5, 5.41) is 8.59. The molecule has 1 aromatic carbocycles. The fourth-order valence-electron chi connectivity index (χ4n) is 2.38. The van der Waals surface area contributed by atoms with E-state index in [1.54, 1.807) is 16.8 Å². The number of anilines is 1. The Morgan fingerprint density at radius 1 is 1.29 bits per heavy atom. The van der Waals surface area contributed by atoms with Crippen molar-refractivity contribution in [1.29, 1.82) is 0 Å². The number of carbonyl (C=O) groups is 2. The Labute approximate surface area is 123 Å². The van der Waals surface area contributed by atoms with Crippen molar-refractivity contribution >= 4 is 17.7 Å². The number of urea groups is 1. The Kier molecular flexibility index (Phi) is 5.16. The molecule has 2 rings (SSSR count). The predicted molar refractivity (Wildman–Crippen MR) is 78.4 cm³/mol. The molecule has 0 spiro atoms. The van der Waals surface area contributed by atoms with Gasteiger partial charge in [0.1, 0.15) is 6.61 Å². The number of ether oxygens (including phenoxy) is 1. The first-order valence-corrected chi connectivity index (χ1v) is 6.99. The van der Waals surface area contributed by atoms with Crippen molar-refractivity contribution in [3.05, 3.63) is 30.3 Å². The largest absolute Gasteiger partial charge is 0.480 e. The summed E-state index contributed by atoms with van der Waals surface area (Å²) in [5.41, 5.74) is 0.853. The van der Waals surface area contributed by atoms with Gasteiger partial charge in [0.25, 0.3) is 0 Å². The standard InChI is InChI=1S/C15H20N2O4/c1-16(12-5-3-2-4-6-12)15(20)17-9-7-13(8-10-17)21-11-14(18)19/h2-6,13H,7-11H2,1H3,(H,18,19). The van der Waals surface area contributed by atoms with Gasteiger partial charge in [0.15, 0.2) is 0 Å². The lowest BCUT2D eigenvalue weighted by atomic mass is 10.1. The maximum absolute atomic E-state index is 12.4. The van der Waals surface area contributed by atoms with Gasteiger partial charge < -0.3 is 14.7 Å². The van der Waals surface area contributed by atoms with Crippen molar-refractivity contribution in [1.82, 2.24) is 4.90 Å². The second kappa shape index (κ2) is 7.08. The third-order valence-corrected chi connectivity index (χ3v) is 3.59. The summed E-state index contributed by atoms with van der Waals surface area (Å²) in [4.78, 5) is 26.2. The minimum absolute atomic E-state index is 0.0436. The highest BCUT2D eigenvalue weighted by molar-refractivity contribution is 5.91. The Morgan fingerprint density at radius 3 is 2.48 bits per heavy atom. The molecule has 0 aromatic heterocycles. The van der Waals surface area contributed by atoms with Gasteiger partial charge >= 0.3 is 12.0 Å². The SMILES string of the molecule is CN(C(=O)N1CCC(OCC(=O)O)CC1)c1ccccc1. The zero-order valence-corrected chi connectivity index (χ0v) is 12.1. The van der Waals surface area contributed by atoms with Crippen LogP contribution in [0.15, 0.2) is 30.3 Å². The van der Waals surface area contributed by atoms with Crippen LogP contribution in [0.25, 0.3) is 0 Å². The zero-order chi connectivity index (χ0) is 15.2. The van der Waals surface area contributed by atoms with Gasteiger partial charge in [-0.1, -0.05) is 18.2 Å². The lowest BCUT2D eigenvalue weighted by Crippen LogP contribution is -2.46. The molecule has 114 valence electrons. The number of nitrogens with zero attached hydrogens (tertiary/aromatic N) is 2. The first kappa shape index (κ1) is 15.3. The topological polar surface area (TPSA) is 70.1 Å². The van der Waals surface area contributed by atoms with Crippen molar-refractivity contribution in [2.75, 3.05) is 31.6 Å². The summed E-state index contributed by atoms with van der Waals surface area (Å²) in [6, 6.07) is 9.43. The predicted octanol–water partition coefficient (Wildman–Crippen LogP) is 1.81. The number of carboxylic acid groups (broad SMARTS) is 1. The first-order valence-electron chi connectivity index (χ1n) is 6.99. The van der Waals surface area contributed by atoms with Crippen molar-refractivity contribution in [2.45, 2.75) is 18.9 Å². The monoisotopic (exact) mass is 292 g/mol. The van der Waals surface area contributed by atoms with E-state index in [4.69, 9.17) is 9.84 Å². The fraction of sp³-hybridized carbons (Fsp3) is 0.467.